The molecule has 9 heteroatoms. The summed E-state index contributed by atoms with van der Waals surface area (Å²) in [5.41, 5.74) is 2.70. The molecule has 2 amide bonds. The van der Waals surface area contributed by atoms with Crippen LogP contribution in [0.25, 0.3) is 0 Å². The largest absolute Gasteiger partial charge is 0.354 e. The van der Waals surface area contributed by atoms with Crippen LogP contribution in [0.1, 0.15) is 50.3 Å². The first-order chi connectivity index (χ1) is 19.1. The van der Waals surface area contributed by atoms with Crippen LogP contribution in [0.15, 0.2) is 77.7 Å². The van der Waals surface area contributed by atoms with Gasteiger partial charge in [0.1, 0.15) is 18.4 Å². The second-order valence-electron chi connectivity index (χ2n) is 9.67. The fourth-order valence-corrected chi connectivity index (χ4v) is 5.93. The summed E-state index contributed by atoms with van der Waals surface area (Å²) < 4.78 is 42.8. The van der Waals surface area contributed by atoms with Crippen LogP contribution in [0.2, 0.25) is 0 Å². The molecule has 0 spiro atoms. The van der Waals surface area contributed by atoms with Gasteiger partial charge in [-0.05, 0) is 67.6 Å². The van der Waals surface area contributed by atoms with Crippen molar-refractivity contribution in [2.24, 2.45) is 0 Å². The highest BCUT2D eigenvalue weighted by molar-refractivity contribution is 7.92. The second-order valence-corrected chi connectivity index (χ2v) is 11.5. The van der Waals surface area contributed by atoms with E-state index < -0.39 is 34.3 Å². The molecule has 3 rings (SSSR count). The van der Waals surface area contributed by atoms with Gasteiger partial charge < -0.3 is 10.2 Å². The van der Waals surface area contributed by atoms with E-state index in [2.05, 4.69) is 5.32 Å². The Morgan fingerprint density at radius 3 is 2.17 bits per heavy atom. The monoisotopic (exact) mass is 567 g/mol. The number of carbonyl (C=O) groups excluding carboxylic acids is 2. The molecule has 7 nitrogen and oxygen atoms in total. The third-order valence-electron chi connectivity index (χ3n) is 6.73. The maximum Gasteiger partial charge on any atom is 0.264 e. The number of para-hydroxylation sites is 1. The van der Waals surface area contributed by atoms with Crippen molar-refractivity contribution < 1.29 is 22.4 Å². The van der Waals surface area contributed by atoms with E-state index in [9.17, 15) is 22.4 Å². The van der Waals surface area contributed by atoms with Gasteiger partial charge in [-0.15, -0.1) is 0 Å². The summed E-state index contributed by atoms with van der Waals surface area (Å²) in [6.07, 6.45) is 1.60. The number of hydrogen-bond donors (Lipinski definition) is 1. The Morgan fingerprint density at radius 2 is 1.57 bits per heavy atom. The van der Waals surface area contributed by atoms with E-state index in [0.29, 0.717) is 30.6 Å². The molecule has 40 heavy (non-hydrogen) atoms. The molecule has 3 aromatic carbocycles. The van der Waals surface area contributed by atoms with E-state index in [1.165, 1.54) is 29.2 Å². The number of benzene rings is 3. The molecule has 0 radical (unpaired) electrons. The number of rotatable bonds is 13. The number of carbonyl (C=O) groups is 2. The predicted molar refractivity (Wildman–Crippen MR) is 156 cm³/mol. The molecule has 1 atom stereocenters. The second kappa shape index (κ2) is 14.1. The van der Waals surface area contributed by atoms with Gasteiger partial charge in [-0.2, -0.15) is 0 Å². The fraction of sp³-hybridized carbons (Fsp3) is 0.355. The molecule has 0 bridgehead atoms. The average Bonchev–Trinajstić information content (AvgIpc) is 2.95. The first kappa shape index (κ1) is 30.8. The van der Waals surface area contributed by atoms with Crippen LogP contribution < -0.4 is 9.62 Å². The van der Waals surface area contributed by atoms with Gasteiger partial charge in [0, 0.05) is 13.1 Å². The lowest BCUT2D eigenvalue weighted by Crippen LogP contribution is -2.52. The Morgan fingerprint density at radius 1 is 0.925 bits per heavy atom. The topological polar surface area (TPSA) is 86.8 Å². The first-order valence-corrected chi connectivity index (χ1v) is 15.0. The molecule has 0 heterocycles. The molecule has 0 fully saturated rings. The maximum absolute atomic E-state index is 14.1. The molecular formula is C31H38FN3O4S. The van der Waals surface area contributed by atoms with Crippen molar-refractivity contribution in [3.63, 3.8) is 0 Å². The zero-order valence-electron chi connectivity index (χ0n) is 23.6. The van der Waals surface area contributed by atoms with Crippen LogP contribution in [0, 0.1) is 12.7 Å². The summed E-state index contributed by atoms with van der Waals surface area (Å²) in [7, 11) is -4.14. The van der Waals surface area contributed by atoms with Gasteiger partial charge in [0.2, 0.25) is 11.8 Å². The van der Waals surface area contributed by atoms with E-state index in [1.807, 2.05) is 32.9 Å². The standard InChI is InChI=1S/C31H38FN3O4S/c1-5-20-33-31(37)28(7-3)34(21-24-14-16-26(32)17-15-24)30(36)22-35(29-11-9-8-10-25(29)6-2)40(38,39)27-18-12-23(4)13-19-27/h8-19,28H,5-7,20-22H2,1-4H3,(H,33,37)/t28-/m1/s1. The van der Waals surface area contributed by atoms with Gasteiger partial charge in [-0.25, -0.2) is 12.8 Å². The van der Waals surface area contributed by atoms with Crippen molar-refractivity contribution in [3.8, 4) is 0 Å². The van der Waals surface area contributed by atoms with E-state index in [-0.39, 0.29) is 17.3 Å². The number of nitrogens with zero attached hydrogens (tertiary/aromatic N) is 2. The smallest absolute Gasteiger partial charge is 0.264 e. The number of anilines is 1. The minimum atomic E-state index is -4.14. The Kier molecular flexibility index (Phi) is 10.8. The third kappa shape index (κ3) is 7.47. The lowest BCUT2D eigenvalue weighted by Gasteiger charge is -2.33. The van der Waals surface area contributed by atoms with Crippen molar-refractivity contribution >= 4 is 27.5 Å². The summed E-state index contributed by atoms with van der Waals surface area (Å²) in [5.74, 6) is -1.27. The zero-order valence-corrected chi connectivity index (χ0v) is 24.4. The van der Waals surface area contributed by atoms with Crippen LogP contribution in [0.3, 0.4) is 0 Å². The molecule has 0 aliphatic carbocycles. The Hall–Kier alpha value is -3.72. The lowest BCUT2D eigenvalue weighted by molar-refractivity contribution is -0.140. The molecule has 1 N–H and O–H groups in total. The highest BCUT2D eigenvalue weighted by Gasteiger charge is 2.34. The van der Waals surface area contributed by atoms with Crippen LogP contribution in [-0.2, 0) is 32.6 Å². The molecule has 0 aromatic heterocycles. The normalized spacial score (nSPS) is 12.0. The average molecular weight is 568 g/mol. The van der Waals surface area contributed by atoms with Gasteiger partial charge in [-0.3, -0.25) is 13.9 Å². The van der Waals surface area contributed by atoms with Gasteiger partial charge in [0.25, 0.3) is 10.0 Å². The minimum absolute atomic E-state index is 0.0189. The van der Waals surface area contributed by atoms with Crippen LogP contribution in [0.5, 0.6) is 0 Å². The molecular weight excluding hydrogens is 529 g/mol. The molecule has 0 saturated heterocycles. The highest BCUT2D eigenvalue weighted by atomic mass is 32.2. The van der Waals surface area contributed by atoms with E-state index >= 15 is 0 Å². The third-order valence-corrected chi connectivity index (χ3v) is 8.50. The molecule has 0 saturated carbocycles. The molecule has 0 aliphatic heterocycles. The fourth-order valence-electron chi connectivity index (χ4n) is 4.48. The number of amides is 2. The minimum Gasteiger partial charge on any atom is -0.354 e. The molecule has 0 unspecified atom stereocenters. The summed E-state index contributed by atoms with van der Waals surface area (Å²) in [4.78, 5) is 28.7. The summed E-state index contributed by atoms with van der Waals surface area (Å²) in [6, 6.07) is 18.4. The van der Waals surface area contributed by atoms with E-state index in [0.717, 1.165) is 21.9 Å². The first-order valence-electron chi connectivity index (χ1n) is 13.6. The molecule has 3 aromatic rings. The van der Waals surface area contributed by atoms with Gasteiger partial charge in [-0.1, -0.05) is 68.8 Å². The van der Waals surface area contributed by atoms with Crippen molar-refractivity contribution in [2.75, 3.05) is 17.4 Å². The van der Waals surface area contributed by atoms with E-state index in [4.69, 9.17) is 0 Å². The van der Waals surface area contributed by atoms with E-state index in [1.54, 1.807) is 43.3 Å². The Labute approximate surface area is 237 Å². The van der Waals surface area contributed by atoms with Gasteiger partial charge >= 0.3 is 0 Å². The summed E-state index contributed by atoms with van der Waals surface area (Å²) in [5, 5.41) is 2.85. The number of aryl methyl sites for hydroxylation is 2. The van der Waals surface area contributed by atoms with Crippen molar-refractivity contribution in [1.29, 1.82) is 0 Å². The van der Waals surface area contributed by atoms with Crippen molar-refractivity contribution in [1.82, 2.24) is 10.2 Å². The van der Waals surface area contributed by atoms with Gasteiger partial charge in [0.05, 0.1) is 10.6 Å². The number of hydrogen-bond acceptors (Lipinski definition) is 4. The lowest BCUT2D eigenvalue weighted by atomic mass is 10.1. The molecule has 214 valence electrons. The zero-order chi connectivity index (χ0) is 29.3. The number of halogens is 1. The SMILES string of the molecule is CCCNC(=O)[C@@H](CC)N(Cc1ccc(F)cc1)C(=O)CN(c1ccccc1CC)S(=O)(=O)c1ccc(C)cc1. The van der Waals surface area contributed by atoms with Crippen LogP contribution >= 0.6 is 0 Å². The van der Waals surface area contributed by atoms with Crippen molar-refractivity contribution in [2.45, 2.75) is 64.4 Å². The predicted octanol–water partition coefficient (Wildman–Crippen LogP) is 5.23. The number of sulfonamides is 1. The van der Waals surface area contributed by atoms with Gasteiger partial charge in [0.15, 0.2) is 0 Å². The van der Waals surface area contributed by atoms with Crippen molar-refractivity contribution in [3.05, 3.63) is 95.3 Å². The molecule has 0 aliphatic rings. The van der Waals surface area contributed by atoms with Crippen LogP contribution in [0.4, 0.5) is 10.1 Å². The summed E-state index contributed by atoms with van der Waals surface area (Å²) in [6.45, 7) is 7.48. The number of nitrogens with one attached hydrogen (secondary N) is 1. The Bertz CT molecular complexity index is 1390. The Balaban J connectivity index is 2.08. The summed E-state index contributed by atoms with van der Waals surface area (Å²) >= 11 is 0. The quantitative estimate of drug-likeness (QED) is 0.307. The highest BCUT2D eigenvalue weighted by Crippen LogP contribution is 2.28. The maximum atomic E-state index is 14.1. The van der Waals surface area contributed by atoms with Crippen LogP contribution in [-0.4, -0.2) is 44.3 Å².